The number of nitrogens with zero attached hydrogens (tertiary/aromatic N) is 2. The van der Waals surface area contributed by atoms with E-state index in [-0.39, 0.29) is 17.2 Å². The summed E-state index contributed by atoms with van der Waals surface area (Å²) in [7, 11) is 0. The topological polar surface area (TPSA) is 85.1 Å². The molecule has 0 unspecified atom stereocenters. The predicted octanol–water partition coefficient (Wildman–Crippen LogP) is 5.62. The fourth-order valence-corrected chi connectivity index (χ4v) is 2.68. The third kappa shape index (κ3) is 4.44. The molecule has 3 aromatic carbocycles. The maximum Gasteiger partial charge on any atom is 0.159 e. The minimum atomic E-state index is -0.753. The number of para-hydroxylation sites is 1. The second-order valence-corrected chi connectivity index (χ2v) is 6.30. The molecule has 0 spiro atoms. The standard InChI is InChI=1S/C22H17F2N5O/c23-14-6-11-19(18(24)12-14)29-22-20(25)21(26-13-27-22)28-15-7-9-17(10-8-15)30-16-4-2-1-3-5-16/h1-13H,25H2,(H2,26,27,28,29). The fraction of sp³-hybridized carbons (Fsp3) is 0. The van der Waals surface area contributed by atoms with Crippen LogP contribution >= 0.6 is 0 Å². The first-order valence-corrected chi connectivity index (χ1v) is 9.01. The zero-order valence-electron chi connectivity index (χ0n) is 15.6. The van der Waals surface area contributed by atoms with E-state index in [9.17, 15) is 8.78 Å². The molecule has 0 bridgehead atoms. The van der Waals surface area contributed by atoms with Gasteiger partial charge in [0.15, 0.2) is 11.6 Å². The fourth-order valence-electron chi connectivity index (χ4n) is 2.68. The number of benzene rings is 3. The summed E-state index contributed by atoms with van der Waals surface area (Å²) in [5.74, 6) is 0.527. The van der Waals surface area contributed by atoms with Gasteiger partial charge in [-0.25, -0.2) is 18.7 Å². The number of nitrogens with one attached hydrogen (secondary N) is 2. The van der Waals surface area contributed by atoms with E-state index in [0.29, 0.717) is 11.6 Å². The van der Waals surface area contributed by atoms with Crippen LogP contribution in [0, 0.1) is 11.6 Å². The molecule has 4 aromatic rings. The van der Waals surface area contributed by atoms with Gasteiger partial charge >= 0.3 is 0 Å². The second kappa shape index (κ2) is 8.44. The molecule has 0 aliphatic rings. The number of hydrogen-bond donors (Lipinski definition) is 3. The molecule has 0 saturated heterocycles. The molecule has 0 radical (unpaired) electrons. The Kier molecular flexibility index (Phi) is 5.38. The van der Waals surface area contributed by atoms with Crippen molar-refractivity contribution in [2.75, 3.05) is 16.4 Å². The van der Waals surface area contributed by atoms with Crippen LogP contribution in [-0.4, -0.2) is 9.97 Å². The average molecular weight is 405 g/mol. The highest BCUT2D eigenvalue weighted by Gasteiger charge is 2.11. The van der Waals surface area contributed by atoms with Gasteiger partial charge in [0.05, 0.1) is 5.69 Å². The van der Waals surface area contributed by atoms with Crippen molar-refractivity contribution in [2.24, 2.45) is 0 Å². The smallest absolute Gasteiger partial charge is 0.159 e. The van der Waals surface area contributed by atoms with E-state index >= 15 is 0 Å². The van der Waals surface area contributed by atoms with Gasteiger partial charge in [-0.1, -0.05) is 18.2 Å². The summed E-state index contributed by atoms with van der Waals surface area (Å²) < 4.78 is 32.7. The first-order valence-electron chi connectivity index (χ1n) is 9.01. The lowest BCUT2D eigenvalue weighted by atomic mass is 10.2. The second-order valence-electron chi connectivity index (χ2n) is 6.30. The number of hydrogen-bond acceptors (Lipinski definition) is 6. The molecule has 4 N–H and O–H groups in total. The van der Waals surface area contributed by atoms with Gasteiger partial charge in [-0.3, -0.25) is 0 Å². The van der Waals surface area contributed by atoms with E-state index in [0.717, 1.165) is 23.6 Å². The van der Waals surface area contributed by atoms with Crippen molar-refractivity contribution < 1.29 is 13.5 Å². The van der Waals surface area contributed by atoms with Gasteiger partial charge in [-0.2, -0.15) is 0 Å². The highest BCUT2D eigenvalue weighted by molar-refractivity contribution is 5.80. The zero-order chi connectivity index (χ0) is 20.9. The molecule has 0 atom stereocenters. The Balaban J connectivity index is 1.49. The maximum atomic E-state index is 13.9. The summed E-state index contributed by atoms with van der Waals surface area (Å²) in [5.41, 5.74) is 7.08. The van der Waals surface area contributed by atoms with Crippen LogP contribution in [-0.2, 0) is 0 Å². The predicted molar refractivity (Wildman–Crippen MR) is 112 cm³/mol. The molecule has 30 heavy (non-hydrogen) atoms. The first-order chi connectivity index (χ1) is 14.6. The van der Waals surface area contributed by atoms with Crippen LogP contribution < -0.4 is 21.1 Å². The SMILES string of the molecule is Nc1c(Nc2ccc(Oc3ccccc3)cc2)ncnc1Nc1ccc(F)cc1F. The number of rotatable bonds is 6. The van der Waals surface area contributed by atoms with E-state index in [1.165, 1.54) is 12.4 Å². The molecule has 0 aliphatic carbocycles. The minimum Gasteiger partial charge on any atom is -0.457 e. The van der Waals surface area contributed by atoms with Gasteiger partial charge in [0.1, 0.15) is 35.1 Å². The molecule has 0 saturated carbocycles. The highest BCUT2D eigenvalue weighted by atomic mass is 19.1. The first kappa shape index (κ1) is 19.1. The zero-order valence-corrected chi connectivity index (χ0v) is 15.6. The molecule has 0 amide bonds. The van der Waals surface area contributed by atoms with E-state index in [1.54, 1.807) is 12.1 Å². The summed E-state index contributed by atoms with van der Waals surface area (Å²) in [5, 5.41) is 5.84. The van der Waals surface area contributed by atoms with Gasteiger partial charge in [-0.15, -0.1) is 0 Å². The number of nitrogens with two attached hydrogens (primary N) is 1. The Morgan fingerprint density at radius 1 is 0.767 bits per heavy atom. The molecule has 6 nitrogen and oxygen atoms in total. The number of halogens is 2. The lowest BCUT2D eigenvalue weighted by Crippen LogP contribution is -2.06. The van der Waals surface area contributed by atoms with Crippen molar-refractivity contribution in [3.05, 3.63) is 90.8 Å². The Labute approximate surface area is 171 Å². The lowest BCUT2D eigenvalue weighted by Gasteiger charge is -2.13. The van der Waals surface area contributed by atoms with Gasteiger partial charge < -0.3 is 21.1 Å². The largest absolute Gasteiger partial charge is 0.457 e. The van der Waals surface area contributed by atoms with Crippen LogP contribution in [0.15, 0.2) is 79.1 Å². The van der Waals surface area contributed by atoms with Crippen molar-refractivity contribution in [3.8, 4) is 11.5 Å². The van der Waals surface area contributed by atoms with Crippen molar-refractivity contribution >= 4 is 28.7 Å². The summed E-state index contributed by atoms with van der Waals surface area (Å²) >= 11 is 0. The van der Waals surface area contributed by atoms with Crippen LogP contribution in [0.1, 0.15) is 0 Å². The van der Waals surface area contributed by atoms with E-state index in [4.69, 9.17) is 10.5 Å². The number of ether oxygens (including phenoxy) is 1. The van der Waals surface area contributed by atoms with Crippen molar-refractivity contribution in [1.29, 1.82) is 0 Å². The van der Waals surface area contributed by atoms with Gasteiger partial charge in [0.25, 0.3) is 0 Å². The van der Waals surface area contributed by atoms with Gasteiger partial charge in [-0.05, 0) is 48.5 Å². The Morgan fingerprint density at radius 3 is 2.13 bits per heavy atom. The third-order valence-electron chi connectivity index (χ3n) is 4.16. The van der Waals surface area contributed by atoms with Crippen LogP contribution in [0.4, 0.5) is 37.5 Å². The Morgan fingerprint density at radius 2 is 1.43 bits per heavy atom. The number of aromatic nitrogens is 2. The lowest BCUT2D eigenvalue weighted by molar-refractivity contribution is 0.483. The molecule has 1 heterocycles. The van der Waals surface area contributed by atoms with E-state index in [1.807, 2.05) is 42.5 Å². The summed E-state index contributed by atoms with van der Waals surface area (Å²) in [6.45, 7) is 0. The highest BCUT2D eigenvalue weighted by Crippen LogP contribution is 2.30. The Bertz CT molecular complexity index is 1150. The summed E-state index contributed by atoms with van der Waals surface area (Å²) in [4.78, 5) is 8.16. The minimum absolute atomic E-state index is 0.0511. The summed E-state index contributed by atoms with van der Waals surface area (Å²) in [6.07, 6.45) is 1.29. The molecule has 4 rings (SSSR count). The van der Waals surface area contributed by atoms with Crippen LogP contribution in [0.2, 0.25) is 0 Å². The molecule has 8 heteroatoms. The Hall–Kier alpha value is -4.20. The monoisotopic (exact) mass is 405 g/mol. The summed E-state index contributed by atoms with van der Waals surface area (Å²) in [6, 6.07) is 19.9. The van der Waals surface area contributed by atoms with Crippen LogP contribution in [0.25, 0.3) is 0 Å². The molecule has 1 aromatic heterocycles. The van der Waals surface area contributed by atoms with Gasteiger partial charge in [0, 0.05) is 11.8 Å². The van der Waals surface area contributed by atoms with Crippen LogP contribution in [0.3, 0.4) is 0 Å². The third-order valence-corrected chi connectivity index (χ3v) is 4.16. The van der Waals surface area contributed by atoms with Crippen LogP contribution in [0.5, 0.6) is 11.5 Å². The molecule has 150 valence electrons. The number of nitrogen functional groups attached to an aromatic ring is 1. The molecule has 0 aliphatic heterocycles. The van der Waals surface area contributed by atoms with Gasteiger partial charge in [0.2, 0.25) is 0 Å². The van der Waals surface area contributed by atoms with E-state index in [2.05, 4.69) is 20.6 Å². The van der Waals surface area contributed by atoms with Crippen molar-refractivity contribution in [1.82, 2.24) is 9.97 Å². The van der Waals surface area contributed by atoms with Crippen molar-refractivity contribution in [2.45, 2.75) is 0 Å². The quantitative estimate of drug-likeness (QED) is 0.386. The number of anilines is 5. The maximum absolute atomic E-state index is 13.9. The normalized spacial score (nSPS) is 10.5. The molecular weight excluding hydrogens is 388 g/mol. The van der Waals surface area contributed by atoms with Crippen molar-refractivity contribution in [3.63, 3.8) is 0 Å². The van der Waals surface area contributed by atoms with E-state index < -0.39 is 11.6 Å². The molecule has 0 fully saturated rings. The average Bonchev–Trinajstić information content (AvgIpc) is 2.75. The molecular formula is C22H17F2N5O.